The van der Waals surface area contributed by atoms with Crippen molar-refractivity contribution in [1.82, 2.24) is 5.32 Å². The van der Waals surface area contributed by atoms with Crippen molar-refractivity contribution in [2.24, 2.45) is 5.92 Å². The van der Waals surface area contributed by atoms with E-state index >= 15 is 0 Å². The van der Waals surface area contributed by atoms with Crippen LogP contribution in [0.5, 0.6) is 5.75 Å². The maximum absolute atomic E-state index is 11.4. The molecule has 1 aromatic carbocycles. The van der Waals surface area contributed by atoms with Crippen molar-refractivity contribution >= 4 is 28.9 Å². The predicted octanol–water partition coefficient (Wildman–Crippen LogP) is 2.17. The first kappa shape index (κ1) is 13.4. The van der Waals surface area contributed by atoms with E-state index in [0.717, 1.165) is 5.56 Å². The van der Waals surface area contributed by atoms with Gasteiger partial charge in [0.15, 0.2) is 5.11 Å². The lowest BCUT2D eigenvalue weighted by Gasteiger charge is -2.12. The highest BCUT2D eigenvalue weighted by Gasteiger charge is 2.10. The van der Waals surface area contributed by atoms with Gasteiger partial charge >= 0.3 is 0 Å². The Morgan fingerprint density at radius 1 is 1.41 bits per heavy atom. The smallest absolute Gasteiger partial charge is 0.228 e. The van der Waals surface area contributed by atoms with E-state index in [1.165, 1.54) is 0 Å². The first-order valence-electron chi connectivity index (χ1n) is 5.31. The number of hydrogen-bond donors (Lipinski definition) is 3. The molecule has 0 atom stereocenters. The number of aryl methyl sites for hydroxylation is 1. The molecule has 0 aromatic heterocycles. The number of thiocarbonyl (C=S) groups is 1. The average molecular weight is 252 g/mol. The molecule has 0 spiro atoms. The molecule has 5 heteroatoms. The molecule has 0 saturated carbocycles. The van der Waals surface area contributed by atoms with Crippen molar-refractivity contribution in [1.29, 1.82) is 0 Å². The van der Waals surface area contributed by atoms with Crippen LogP contribution in [-0.2, 0) is 4.79 Å². The van der Waals surface area contributed by atoms with Crippen molar-refractivity contribution in [2.45, 2.75) is 20.8 Å². The molecular weight excluding hydrogens is 236 g/mol. The molecule has 3 N–H and O–H groups in total. The van der Waals surface area contributed by atoms with Crippen LogP contribution in [-0.4, -0.2) is 16.1 Å². The zero-order valence-corrected chi connectivity index (χ0v) is 10.9. The van der Waals surface area contributed by atoms with Gasteiger partial charge in [-0.15, -0.1) is 0 Å². The average Bonchev–Trinajstić information content (AvgIpc) is 2.22. The van der Waals surface area contributed by atoms with Gasteiger partial charge in [-0.2, -0.15) is 0 Å². The zero-order chi connectivity index (χ0) is 13.0. The molecule has 4 nitrogen and oxygen atoms in total. The normalized spacial score (nSPS) is 10.1. The van der Waals surface area contributed by atoms with Crippen LogP contribution in [0.15, 0.2) is 18.2 Å². The lowest BCUT2D eigenvalue weighted by Crippen LogP contribution is -2.36. The summed E-state index contributed by atoms with van der Waals surface area (Å²) in [5, 5.41) is 15.1. The van der Waals surface area contributed by atoms with Gasteiger partial charge in [-0.25, -0.2) is 0 Å². The number of phenolic OH excluding ortho intramolecular Hbond substituents is 1. The summed E-state index contributed by atoms with van der Waals surface area (Å²) in [7, 11) is 0. The largest absolute Gasteiger partial charge is 0.506 e. The molecule has 0 saturated heterocycles. The number of amides is 1. The molecule has 0 radical (unpaired) electrons. The SMILES string of the molecule is Cc1ccc(NC(=S)NC(=O)C(C)C)c(O)c1. The van der Waals surface area contributed by atoms with E-state index in [9.17, 15) is 9.90 Å². The maximum Gasteiger partial charge on any atom is 0.228 e. The minimum Gasteiger partial charge on any atom is -0.506 e. The second-order valence-electron chi connectivity index (χ2n) is 4.12. The summed E-state index contributed by atoms with van der Waals surface area (Å²) in [5.41, 5.74) is 1.43. The van der Waals surface area contributed by atoms with Crippen molar-refractivity contribution in [3.63, 3.8) is 0 Å². The number of rotatable bonds is 2. The number of benzene rings is 1. The quantitative estimate of drug-likeness (QED) is 0.557. The molecule has 0 aliphatic carbocycles. The number of carbonyl (C=O) groups is 1. The number of anilines is 1. The molecule has 92 valence electrons. The highest BCUT2D eigenvalue weighted by molar-refractivity contribution is 7.80. The topological polar surface area (TPSA) is 61.4 Å². The Morgan fingerprint density at radius 2 is 2.06 bits per heavy atom. The zero-order valence-electron chi connectivity index (χ0n) is 10.1. The third-order valence-electron chi connectivity index (χ3n) is 2.16. The molecule has 0 fully saturated rings. The Balaban J connectivity index is 2.65. The number of phenols is 1. The van der Waals surface area contributed by atoms with E-state index in [4.69, 9.17) is 12.2 Å². The lowest BCUT2D eigenvalue weighted by atomic mass is 10.2. The summed E-state index contributed by atoms with van der Waals surface area (Å²) in [4.78, 5) is 11.4. The van der Waals surface area contributed by atoms with E-state index in [1.54, 1.807) is 26.0 Å². The van der Waals surface area contributed by atoms with Crippen molar-refractivity contribution < 1.29 is 9.90 Å². The Labute approximate surface area is 106 Å². The van der Waals surface area contributed by atoms with Crippen LogP contribution in [0.4, 0.5) is 5.69 Å². The molecule has 0 heterocycles. The molecular formula is C12H16N2O2S. The lowest BCUT2D eigenvalue weighted by molar-refractivity contribution is -0.122. The summed E-state index contributed by atoms with van der Waals surface area (Å²) in [6.07, 6.45) is 0. The summed E-state index contributed by atoms with van der Waals surface area (Å²) >= 11 is 4.97. The molecule has 0 unspecified atom stereocenters. The van der Waals surface area contributed by atoms with Gasteiger partial charge < -0.3 is 15.7 Å². The maximum atomic E-state index is 11.4. The van der Waals surface area contributed by atoms with Crippen LogP contribution in [0.1, 0.15) is 19.4 Å². The molecule has 1 aromatic rings. The summed E-state index contributed by atoms with van der Waals surface area (Å²) in [6.45, 7) is 5.44. The fourth-order valence-electron chi connectivity index (χ4n) is 1.16. The molecule has 0 aliphatic heterocycles. The second kappa shape index (κ2) is 5.63. The van der Waals surface area contributed by atoms with E-state index in [1.807, 2.05) is 13.0 Å². The summed E-state index contributed by atoms with van der Waals surface area (Å²) < 4.78 is 0. The van der Waals surface area contributed by atoms with Crippen molar-refractivity contribution in [3.8, 4) is 5.75 Å². The number of carbonyl (C=O) groups excluding carboxylic acids is 1. The van der Waals surface area contributed by atoms with Gasteiger partial charge in [0.25, 0.3) is 0 Å². The first-order valence-corrected chi connectivity index (χ1v) is 5.72. The minimum absolute atomic E-state index is 0.103. The highest BCUT2D eigenvalue weighted by atomic mass is 32.1. The Morgan fingerprint density at radius 3 is 2.59 bits per heavy atom. The van der Waals surface area contributed by atoms with Crippen molar-refractivity contribution in [2.75, 3.05) is 5.32 Å². The van der Waals surface area contributed by atoms with E-state index in [0.29, 0.717) is 5.69 Å². The van der Waals surface area contributed by atoms with E-state index in [2.05, 4.69) is 10.6 Å². The van der Waals surface area contributed by atoms with Crippen LogP contribution in [0.2, 0.25) is 0 Å². The number of aromatic hydroxyl groups is 1. The van der Waals surface area contributed by atoms with Gasteiger partial charge in [-0.1, -0.05) is 19.9 Å². The van der Waals surface area contributed by atoms with Crippen LogP contribution < -0.4 is 10.6 Å². The molecule has 0 bridgehead atoms. The third kappa shape index (κ3) is 4.03. The summed E-state index contributed by atoms with van der Waals surface area (Å²) in [5.74, 6) is -0.193. The molecule has 1 rings (SSSR count). The van der Waals surface area contributed by atoms with Crippen LogP contribution in [0, 0.1) is 12.8 Å². The van der Waals surface area contributed by atoms with Gasteiger partial charge in [0.2, 0.25) is 5.91 Å². The minimum atomic E-state index is -0.158. The van der Waals surface area contributed by atoms with Crippen LogP contribution in [0.3, 0.4) is 0 Å². The third-order valence-corrected chi connectivity index (χ3v) is 2.37. The number of hydrogen-bond acceptors (Lipinski definition) is 3. The van der Waals surface area contributed by atoms with Gasteiger partial charge in [-0.05, 0) is 36.8 Å². The Kier molecular flexibility index (Phi) is 4.45. The monoisotopic (exact) mass is 252 g/mol. The second-order valence-corrected chi connectivity index (χ2v) is 4.53. The Hall–Kier alpha value is -1.62. The summed E-state index contributed by atoms with van der Waals surface area (Å²) in [6, 6.07) is 5.17. The van der Waals surface area contributed by atoms with Gasteiger partial charge in [0.1, 0.15) is 5.75 Å². The standard InChI is InChI=1S/C12H16N2O2S/c1-7(2)11(16)14-12(17)13-9-5-4-8(3)6-10(9)15/h4-7,15H,1-3H3,(H2,13,14,16,17). The van der Waals surface area contributed by atoms with Gasteiger partial charge in [0, 0.05) is 5.92 Å². The first-order chi connectivity index (χ1) is 7.90. The van der Waals surface area contributed by atoms with Gasteiger partial charge in [-0.3, -0.25) is 4.79 Å². The van der Waals surface area contributed by atoms with Crippen molar-refractivity contribution in [3.05, 3.63) is 23.8 Å². The molecule has 0 aliphatic rings. The molecule has 17 heavy (non-hydrogen) atoms. The van der Waals surface area contributed by atoms with Gasteiger partial charge in [0.05, 0.1) is 5.69 Å². The fraction of sp³-hybridized carbons (Fsp3) is 0.333. The van der Waals surface area contributed by atoms with Crippen LogP contribution in [0.25, 0.3) is 0 Å². The number of nitrogens with one attached hydrogen (secondary N) is 2. The van der Waals surface area contributed by atoms with E-state index < -0.39 is 0 Å². The highest BCUT2D eigenvalue weighted by Crippen LogP contribution is 2.23. The fourth-order valence-corrected chi connectivity index (χ4v) is 1.37. The molecule has 1 amide bonds. The Bertz CT molecular complexity index is 444. The van der Waals surface area contributed by atoms with E-state index in [-0.39, 0.29) is 22.7 Å². The predicted molar refractivity (Wildman–Crippen MR) is 72.0 cm³/mol. The van der Waals surface area contributed by atoms with Crippen LogP contribution >= 0.6 is 12.2 Å².